The molecule has 0 fully saturated rings. The van der Waals surface area contributed by atoms with Gasteiger partial charge in [0.15, 0.2) is 11.4 Å². The number of allylic oxidation sites excluding steroid dienone is 1. The third kappa shape index (κ3) is 3.92. The molecule has 1 atom stereocenters. The van der Waals surface area contributed by atoms with Gasteiger partial charge in [0.2, 0.25) is 0 Å². The molecule has 1 heterocycles. The molecule has 0 aromatic heterocycles. The average Bonchev–Trinajstić information content (AvgIpc) is 2.96. The first kappa shape index (κ1) is 20.1. The first-order chi connectivity index (χ1) is 14.5. The topological polar surface area (TPSA) is 57.6 Å². The van der Waals surface area contributed by atoms with Crippen molar-refractivity contribution < 1.29 is 14.7 Å². The Morgan fingerprint density at radius 1 is 0.967 bits per heavy atom. The maximum Gasteiger partial charge on any atom is 0.264 e. The lowest BCUT2D eigenvalue weighted by Gasteiger charge is -2.22. The zero-order chi connectivity index (χ0) is 21.1. The van der Waals surface area contributed by atoms with E-state index in [2.05, 4.69) is 0 Å². The van der Waals surface area contributed by atoms with Crippen LogP contribution in [-0.2, 0) is 21.7 Å². The van der Waals surface area contributed by atoms with Gasteiger partial charge in [-0.2, -0.15) is 0 Å². The average molecular weight is 418 g/mol. The Bertz CT molecular complexity index is 1110. The van der Waals surface area contributed by atoms with Crippen molar-refractivity contribution in [2.45, 2.75) is 18.6 Å². The van der Waals surface area contributed by atoms with Gasteiger partial charge in [-0.25, -0.2) is 0 Å². The summed E-state index contributed by atoms with van der Waals surface area (Å²) >= 11 is 5.95. The highest BCUT2D eigenvalue weighted by molar-refractivity contribution is 6.30. The lowest BCUT2D eigenvalue weighted by molar-refractivity contribution is -0.140. The van der Waals surface area contributed by atoms with Crippen LogP contribution in [0.25, 0.3) is 6.08 Å². The molecule has 3 aromatic carbocycles. The van der Waals surface area contributed by atoms with E-state index in [1.165, 1.54) is 11.0 Å². The predicted molar refractivity (Wildman–Crippen MR) is 118 cm³/mol. The summed E-state index contributed by atoms with van der Waals surface area (Å²) in [4.78, 5) is 27.4. The van der Waals surface area contributed by atoms with E-state index in [1.807, 2.05) is 48.5 Å². The van der Waals surface area contributed by atoms with E-state index < -0.39 is 11.5 Å². The molecule has 3 aromatic rings. The van der Waals surface area contributed by atoms with Gasteiger partial charge >= 0.3 is 0 Å². The van der Waals surface area contributed by atoms with Crippen LogP contribution in [-0.4, -0.2) is 16.8 Å². The molecule has 5 heteroatoms. The van der Waals surface area contributed by atoms with Crippen LogP contribution < -0.4 is 4.90 Å². The highest BCUT2D eigenvalue weighted by Crippen LogP contribution is 2.43. The fourth-order valence-electron chi connectivity index (χ4n) is 3.67. The Labute approximate surface area is 180 Å². The van der Waals surface area contributed by atoms with Crippen LogP contribution in [0.3, 0.4) is 0 Å². The van der Waals surface area contributed by atoms with Gasteiger partial charge in [-0.15, -0.1) is 0 Å². The van der Waals surface area contributed by atoms with Gasteiger partial charge in [0.25, 0.3) is 5.91 Å². The lowest BCUT2D eigenvalue weighted by Crippen LogP contribution is -2.41. The van der Waals surface area contributed by atoms with Crippen LogP contribution >= 0.6 is 11.6 Å². The number of para-hydroxylation sites is 1. The van der Waals surface area contributed by atoms with Gasteiger partial charge < -0.3 is 10.0 Å². The number of carbonyl (C=O) groups is 2. The Morgan fingerprint density at radius 3 is 2.37 bits per heavy atom. The molecule has 0 unspecified atom stereocenters. The SMILES string of the molecule is O=C(/C=C\c1ccccc1)C[C@]1(O)C(=O)N(Cc2ccc(Cl)cc2)c2ccccc21. The number of ketones is 1. The van der Waals surface area contributed by atoms with E-state index in [4.69, 9.17) is 11.6 Å². The third-order valence-electron chi connectivity index (χ3n) is 5.18. The molecule has 1 N–H and O–H groups in total. The number of anilines is 1. The zero-order valence-electron chi connectivity index (χ0n) is 16.2. The molecular formula is C25H20ClNO3. The number of aliphatic hydroxyl groups is 1. The number of rotatable bonds is 6. The minimum Gasteiger partial charge on any atom is -0.375 e. The number of hydrogen-bond donors (Lipinski definition) is 1. The van der Waals surface area contributed by atoms with Crippen LogP contribution in [0.2, 0.25) is 5.02 Å². The molecule has 0 saturated carbocycles. The summed E-state index contributed by atoms with van der Waals surface area (Å²) in [6.07, 6.45) is 2.77. The molecule has 30 heavy (non-hydrogen) atoms. The third-order valence-corrected chi connectivity index (χ3v) is 5.44. The van der Waals surface area contributed by atoms with Gasteiger partial charge in [-0.05, 0) is 35.4 Å². The molecule has 1 aliphatic heterocycles. The summed E-state index contributed by atoms with van der Waals surface area (Å²) in [5.74, 6) is -0.821. The van der Waals surface area contributed by atoms with E-state index in [0.717, 1.165) is 11.1 Å². The smallest absolute Gasteiger partial charge is 0.264 e. The second-order valence-electron chi connectivity index (χ2n) is 7.28. The largest absolute Gasteiger partial charge is 0.375 e. The molecule has 0 bridgehead atoms. The van der Waals surface area contributed by atoms with Crippen LogP contribution in [0.5, 0.6) is 0 Å². The molecule has 0 radical (unpaired) electrons. The maximum absolute atomic E-state index is 13.2. The maximum atomic E-state index is 13.2. The van der Waals surface area contributed by atoms with Crippen molar-refractivity contribution in [3.8, 4) is 0 Å². The van der Waals surface area contributed by atoms with Crippen molar-refractivity contribution in [1.82, 2.24) is 0 Å². The van der Waals surface area contributed by atoms with E-state index in [-0.39, 0.29) is 18.7 Å². The Balaban J connectivity index is 1.59. The van der Waals surface area contributed by atoms with Gasteiger partial charge in [-0.3, -0.25) is 9.59 Å². The van der Waals surface area contributed by atoms with Crippen molar-refractivity contribution in [3.63, 3.8) is 0 Å². The van der Waals surface area contributed by atoms with Gasteiger partial charge in [0.1, 0.15) is 0 Å². The monoisotopic (exact) mass is 417 g/mol. The highest BCUT2D eigenvalue weighted by atomic mass is 35.5. The Hall–Kier alpha value is -3.21. The van der Waals surface area contributed by atoms with Crippen LogP contribution in [0.15, 0.2) is 84.9 Å². The summed E-state index contributed by atoms with van der Waals surface area (Å²) in [7, 11) is 0. The molecule has 0 aliphatic carbocycles. The first-order valence-corrected chi connectivity index (χ1v) is 9.99. The zero-order valence-corrected chi connectivity index (χ0v) is 16.9. The number of hydrogen-bond acceptors (Lipinski definition) is 3. The van der Waals surface area contributed by atoms with E-state index >= 15 is 0 Å². The number of halogens is 1. The molecule has 0 spiro atoms. The summed E-state index contributed by atoms with van der Waals surface area (Å²) in [5, 5.41) is 11.9. The number of benzene rings is 3. The quantitative estimate of drug-likeness (QED) is 0.589. The van der Waals surface area contributed by atoms with Crippen molar-refractivity contribution >= 4 is 35.1 Å². The van der Waals surface area contributed by atoms with E-state index in [1.54, 1.807) is 36.4 Å². The Morgan fingerprint density at radius 2 is 1.63 bits per heavy atom. The van der Waals surface area contributed by atoms with Crippen LogP contribution in [0, 0.1) is 0 Å². The molecule has 1 amide bonds. The number of nitrogens with zero attached hydrogens (tertiary/aromatic N) is 1. The second-order valence-corrected chi connectivity index (χ2v) is 7.72. The molecule has 150 valence electrons. The predicted octanol–water partition coefficient (Wildman–Crippen LogP) is 4.75. The number of amides is 1. The second kappa shape index (κ2) is 8.27. The van der Waals surface area contributed by atoms with Gasteiger partial charge in [0.05, 0.1) is 18.7 Å². The number of carbonyl (C=O) groups excluding carboxylic acids is 2. The van der Waals surface area contributed by atoms with Gasteiger partial charge in [0, 0.05) is 10.6 Å². The van der Waals surface area contributed by atoms with Crippen LogP contribution in [0.4, 0.5) is 5.69 Å². The van der Waals surface area contributed by atoms with Crippen molar-refractivity contribution in [1.29, 1.82) is 0 Å². The molecule has 0 saturated heterocycles. The van der Waals surface area contributed by atoms with E-state index in [9.17, 15) is 14.7 Å². The van der Waals surface area contributed by atoms with Crippen molar-refractivity contribution in [2.24, 2.45) is 0 Å². The van der Waals surface area contributed by atoms with Crippen LogP contribution in [0.1, 0.15) is 23.1 Å². The molecule has 1 aliphatic rings. The molecule has 4 rings (SSSR count). The summed E-state index contributed by atoms with van der Waals surface area (Å²) in [6.45, 7) is 0.281. The summed E-state index contributed by atoms with van der Waals surface area (Å²) in [6, 6.07) is 23.6. The first-order valence-electron chi connectivity index (χ1n) is 9.62. The van der Waals surface area contributed by atoms with Gasteiger partial charge in [-0.1, -0.05) is 78.3 Å². The minimum atomic E-state index is -1.89. The summed E-state index contributed by atoms with van der Waals surface area (Å²) in [5.41, 5.74) is 0.925. The highest BCUT2D eigenvalue weighted by Gasteiger charge is 2.50. The Kier molecular flexibility index (Phi) is 5.53. The van der Waals surface area contributed by atoms with E-state index in [0.29, 0.717) is 16.3 Å². The summed E-state index contributed by atoms with van der Waals surface area (Å²) < 4.78 is 0. The normalized spacial score (nSPS) is 18.1. The minimum absolute atomic E-state index is 0.281. The van der Waals surface area contributed by atoms with Crippen molar-refractivity contribution in [3.05, 3.63) is 107 Å². The van der Waals surface area contributed by atoms with Crippen molar-refractivity contribution in [2.75, 3.05) is 4.90 Å². The molecule has 4 nitrogen and oxygen atoms in total. The fourth-order valence-corrected chi connectivity index (χ4v) is 3.80. The number of fused-ring (bicyclic) bond motifs is 1. The lowest BCUT2D eigenvalue weighted by atomic mass is 9.89. The fraction of sp³-hybridized carbons (Fsp3) is 0.120. The standard InChI is InChI=1S/C25H20ClNO3/c26-20-13-10-19(11-14-20)17-27-23-9-5-4-8-22(23)25(30,24(27)29)16-21(28)15-12-18-6-2-1-3-7-18/h1-15,30H,16-17H2/b15-12-/t25-/m1/s1. The molecular weight excluding hydrogens is 398 g/mol.